The Morgan fingerprint density at radius 2 is 1.83 bits per heavy atom. The number of ether oxygens (including phenoxy) is 3. The molecule has 0 aliphatic carbocycles. The number of esters is 1. The molecule has 0 unspecified atom stereocenters. The minimum absolute atomic E-state index is 0.0593. The van der Waals surface area contributed by atoms with Crippen molar-refractivity contribution in [2.75, 3.05) is 25.7 Å². The molecule has 2 N–H and O–H groups in total. The molecular formula is C20H27N3O7. The highest BCUT2D eigenvalue weighted by molar-refractivity contribution is 6.01. The highest BCUT2D eigenvalue weighted by Gasteiger charge is 2.38. The van der Waals surface area contributed by atoms with Crippen LogP contribution in [0.4, 0.5) is 10.5 Å². The van der Waals surface area contributed by atoms with E-state index < -0.39 is 29.9 Å². The molecule has 10 heteroatoms. The number of urea groups is 1. The summed E-state index contributed by atoms with van der Waals surface area (Å²) < 4.78 is 15.6. The number of methoxy groups -OCH3 is 2. The number of anilines is 1. The number of hydrogen-bond acceptors (Lipinski definition) is 7. The highest BCUT2D eigenvalue weighted by Crippen LogP contribution is 2.36. The van der Waals surface area contributed by atoms with Crippen LogP contribution < -0.4 is 25.0 Å². The third-order valence-corrected chi connectivity index (χ3v) is 4.45. The Balaban J connectivity index is 2.00. The van der Waals surface area contributed by atoms with E-state index in [1.807, 2.05) is 0 Å². The zero-order valence-electron chi connectivity index (χ0n) is 17.7. The van der Waals surface area contributed by atoms with Crippen LogP contribution in [-0.4, -0.2) is 56.7 Å². The average Bonchev–Trinajstić information content (AvgIpc) is 3.08. The summed E-state index contributed by atoms with van der Waals surface area (Å²) in [4.78, 5) is 50.0. The second-order valence-electron chi connectivity index (χ2n) is 7.14. The molecule has 2 atom stereocenters. The molecule has 0 saturated carbocycles. The van der Waals surface area contributed by atoms with E-state index in [-0.39, 0.29) is 24.9 Å². The van der Waals surface area contributed by atoms with Gasteiger partial charge < -0.3 is 24.4 Å². The van der Waals surface area contributed by atoms with Crippen LogP contribution in [0.1, 0.15) is 27.2 Å². The standard InChI is InChI=1S/C20H27N3O7/c1-11(2)21-20(27)22-18(25)12(3)30-19(26)13-8-17(24)23(10-13)15-7-6-14(28-4)9-16(15)29-5/h6-7,9,11-13H,8,10H2,1-5H3,(H2,21,22,25,27)/t12-,13+/m1/s1. The lowest BCUT2D eigenvalue weighted by molar-refractivity contribution is -0.158. The van der Waals surface area contributed by atoms with Crippen LogP contribution >= 0.6 is 0 Å². The predicted molar refractivity (Wildman–Crippen MR) is 107 cm³/mol. The van der Waals surface area contributed by atoms with Crippen molar-refractivity contribution < 1.29 is 33.4 Å². The van der Waals surface area contributed by atoms with Gasteiger partial charge in [-0.1, -0.05) is 0 Å². The van der Waals surface area contributed by atoms with Gasteiger partial charge in [0, 0.05) is 25.1 Å². The molecule has 164 valence electrons. The smallest absolute Gasteiger partial charge is 0.321 e. The van der Waals surface area contributed by atoms with Gasteiger partial charge in [-0.05, 0) is 32.9 Å². The number of amides is 4. The van der Waals surface area contributed by atoms with Crippen LogP contribution in [0.15, 0.2) is 18.2 Å². The molecule has 1 aromatic carbocycles. The number of rotatable bonds is 7. The van der Waals surface area contributed by atoms with Crippen LogP contribution in [0.2, 0.25) is 0 Å². The maximum Gasteiger partial charge on any atom is 0.321 e. The fourth-order valence-electron chi connectivity index (χ4n) is 2.94. The Kier molecular flexibility index (Phi) is 7.62. The first-order valence-corrected chi connectivity index (χ1v) is 9.50. The number of carbonyl (C=O) groups excluding carboxylic acids is 4. The molecule has 1 heterocycles. The van der Waals surface area contributed by atoms with Crippen LogP contribution in [0.3, 0.4) is 0 Å². The molecule has 0 aromatic heterocycles. The van der Waals surface area contributed by atoms with Gasteiger partial charge in [-0.15, -0.1) is 0 Å². The van der Waals surface area contributed by atoms with E-state index in [9.17, 15) is 19.2 Å². The Morgan fingerprint density at radius 3 is 2.43 bits per heavy atom. The minimum atomic E-state index is -1.19. The molecule has 1 aromatic rings. The summed E-state index contributed by atoms with van der Waals surface area (Å²) in [6.07, 6.45) is -1.24. The predicted octanol–water partition coefficient (Wildman–Crippen LogP) is 1.22. The van der Waals surface area contributed by atoms with Gasteiger partial charge in [0.1, 0.15) is 11.5 Å². The van der Waals surface area contributed by atoms with Gasteiger partial charge in [0.15, 0.2) is 6.10 Å². The summed E-state index contributed by atoms with van der Waals surface area (Å²) in [6.45, 7) is 4.93. The zero-order chi connectivity index (χ0) is 22.4. The number of nitrogens with zero attached hydrogens (tertiary/aromatic N) is 1. The van der Waals surface area contributed by atoms with Crippen molar-refractivity contribution in [3.05, 3.63) is 18.2 Å². The van der Waals surface area contributed by atoms with Crippen LogP contribution in [0.5, 0.6) is 11.5 Å². The quantitative estimate of drug-likeness (QED) is 0.635. The first-order valence-electron chi connectivity index (χ1n) is 9.50. The first kappa shape index (κ1) is 23.0. The van der Waals surface area contributed by atoms with Gasteiger partial charge in [-0.2, -0.15) is 0 Å². The molecule has 0 bridgehead atoms. The van der Waals surface area contributed by atoms with E-state index in [1.165, 1.54) is 26.0 Å². The Bertz CT molecular complexity index is 825. The minimum Gasteiger partial charge on any atom is -0.497 e. The number of carbonyl (C=O) groups is 4. The monoisotopic (exact) mass is 421 g/mol. The first-order chi connectivity index (χ1) is 14.2. The van der Waals surface area contributed by atoms with E-state index in [0.717, 1.165) is 0 Å². The largest absolute Gasteiger partial charge is 0.497 e. The van der Waals surface area contributed by atoms with Crippen molar-refractivity contribution in [3.8, 4) is 11.5 Å². The molecule has 2 rings (SSSR count). The van der Waals surface area contributed by atoms with Crippen LogP contribution in [0, 0.1) is 5.92 Å². The van der Waals surface area contributed by atoms with Gasteiger partial charge in [0.25, 0.3) is 5.91 Å². The summed E-state index contributed by atoms with van der Waals surface area (Å²) in [6, 6.07) is 4.17. The molecule has 10 nitrogen and oxygen atoms in total. The van der Waals surface area contributed by atoms with Crippen molar-refractivity contribution in [2.24, 2.45) is 5.92 Å². The fraction of sp³-hybridized carbons (Fsp3) is 0.500. The van der Waals surface area contributed by atoms with Gasteiger partial charge in [0.2, 0.25) is 5.91 Å². The van der Waals surface area contributed by atoms with E-state index in [0.29, 0.717) is 17.2 Å². The SMILES string of the molecule is COc1ccc(N2C[C@@H](C(=O)O[C@H](C)C(=O)NC(=O)NC(C)C)CC2=O)c(OC)c1. The van der Waals surface area contributed by atoms with Crippen LogP contribution in [-0.2, 0) is 19.1 Å². The van der Waals surface area contributed by atoms with E-state index in [4.69, 9.17) is 14.2 Å². The second kappa shape index (κ2) is 9.95. The number of hydrogen-bond donors (Lipinski definition) is 2. The maximum absolute atomic E-state index is 12.5. The molecule has 0 radical (unpaired) electrons. The molecule has 4 amide bonds. The Hall–Kier alpha value is -3.30. The van der Waals surface area contributed by atoms with Crippen molar-refractivity contribution >= 4 is 29.5 Å². The van der Waals surface area contributed by atoms with Crippen molar-refractivity contribution in [3.63, 3.8) is 0 Å². The molecule has 1 fully saturated rings. The van der Waals surface area contributed by atoms with E-state index in [1.54, 1.807) is 32.0 Å². The van der Waals surface area contributed by atoms with Gasteiger partial charge in [0.05, 0.1) is 25.8 Å². The average molecular weight is 421 g/mol. The number of benzene rings is 1. The van der Waals surface area contributed by atoms with Gasteiger partial charge in [-0.25, -0.2) is 4.79 Å². The molecular weight excluding hydrogens is 394 g/mol. The summed E-state index contributed by atoms with van der Waals surface area (Å²) in [5, 5.41) is 4.61. The summed E-state index contributed by atoms with van der Waals surface area (Å²) in [7, 11) is 2.99. The molecule has 1 saturated heterocycles. The Labute approximate surface area is 174 Å². The van der Waals surface area contributed by atoms with E-state index >= 15 is 0 Å². The van der Waals surface area contributed by atoms with Crippen molar-refractivity contribution in [1.29, 1.82) is 0 Å². The molecule has 0 spiro atoms. The third-order valence-electron chi connectivity index (χ3n) is 4.45. The molecule has 30 heavy (non-hydrogen) atoms. The topological polar surface area (TPSA) is 123 Å². The highest BCUT2D eigenvalue weighted by atomic mass is 16.5. The summed E-state index contributed by atoms with van der Waals surface area (Å²) >= 11 is 0. The maximum atomic E-state index is 12.5. The Morgan fingerprint density at radius 1 is 1.13 bits per heavy atom. The summed E-state index contributed by atoms with van der Waals surface area (Å²) in [5.41, 5.74) is 0.509. The molecule has 1 aliphatic heterocycles. The van der Waals surface area contributed by atoms with E-state index in [2.05, 4.69) is 10.6 Å². The summed E-state index contributed by atoms with van der Waals surface area (Å²) in [5.74, 6) is -1.46. The third kappa shape index (κ3) is 5.62. The van der Waals surface area contributed by atoms with Gasteiger partial charge in [-0.3, -0.25) is 19.7 Å². The fourth-order valence-corrected chi connectivity index (χ4v) is 2.94. The lowest BCUT2D eigenvalue weighted by atomic mass is 10.1. The van der Waals surface area contributed by atoms with Gasteiger partial charge >= 0.3 is 12.0 Å². The van der Waals surface area contributed by atoms with Crippen LogP contribution in [0.25, 0.3) is 0 Å². The second-order valence-corrected chi connectivity index (χ2v) is 7.14. The van der Waals surface area contributed by atoms with Crippen molar-refractivity contribution in [1.82, 2.24) is 10.6 Å². The number of nitrogens with one attached hydrogen (secondary N) is 2. The number of imide groups is 1. The lowest BCUT2D eigenvalue weighted by Gasteiger charge is -2.20. The van der Waals surface area contributed by atoms with Crippen molar-refractivity contribution in [2.45, 2.75) is 39.3 Å². The lowest BCUT2D eigenvalue weighted by Crippen LogP contribution is -2.47. The molecule has 1 aliphatic rings. The zero-order valence-corrected chi connectivity index (χ0v) is 17.7. The normalized spacial score (nSPS) is 16.8.